The molecule has 0 aromatic carbocycles. The molecule has 0 unspecified atom stereocenters. The molecule has 3 N–H and O–H groups in total. The minimum absolute atomic E-state index is 0.0285. The molecule has 0 bridgehead atoms. The maximum atomic E-state index is 12.6. The smallest absolute Gasteiger partial charge is 0.229 e. The number of aryl methyl sites for hydroxylation is 1. The molecule has 0 saturated heterocycles. The Morgan fingerprint density at radius 1 is 1.29 bits per heavy atom. The van der Waals surface area contributed by atoms with Gasteiger partial charge in [0.1, 0.15) is 0 Å². The van der Waals surface area contributed by atoms with Crippen molar-refractivity contribution in [2.24, 2.45) is 11.8 Å². The van der Waals surface area contributed by atoms with E-state index in [2.05, 4.69) is 20.8 Å². The molecule has 2 aromatic heterocycles. The summed E-state index contributed by atoms with van der Waals surface area (Å²) in [5.41, 5.74) is 1.98. The number of rotatable bonds is 5. The fourth-order valence-corrected chi connectivity index (χ4v) is 3.84. The number of carbonyl (C=O) groups excluding carboxylic acids is 2. The van der Waals surface area contributed by atoms with Gasteiger partial charge in [0.05, 0.1) is 0 Å². The summed E-state index contributed by atoms with van der Waals surface area (Å²) in [4.78, 5) is 25.1. The number of hydrogen-bond acceptors (Lipinski definition) is 4. The highest BCUT2D eigenvalue weighted by Gasteiger charge is 2.35. The molecule has 0 radical (unpaired) electrons. The van der Waals surface area contributed by atoms with E-state index < -0.39 is 0 Å². The minimum Gasteiger partial charge on any atom is -0.352 e. The van der Waals surface area contributed by atoms with Crippen molar-refractivity contribution in [3.8, 4) is 0 Å². The number of anilines is 1. The maximum absolute atomic E-state index is 12.6. The van der Waals surface area contributed by atoms with Crippen molar-refractivity contribution in [2.75, 3.05) is 5.32 Å². The molecule has 0 spiro atoms. The quantitative estimate of drug-likeness (QED) is 0.778. The predicted octanol–water partition coefficient (Wildman–Crippen LogP) is 2.84. The first-order valence-corrected chi connectivity index (χ1v) is 9.19. The standard InChI is InChI=1S/C17H22N4O2S/c1-11-8-15(21-20-11)19-17(23)14-5-3-2-4-13(14)16(22)18-9-12-6-7-24-10-12/h6-8,10,13-14H,2-5,9H2,1H3,(H,18,22)(H2,19,20,21,23)/t13-,14-/m0/s1. The van der Waals surface area contributed by atoms with Crippen LogP contribution in [-0.2, 0) is 16.1 Å². The lowest BCUT2D eigenvalue weighted by Crippen LogP contribution is -2.41. The lowest BCUT2D eigenvalue weighted by molar-refractivity contribution is -0.134. The molecule has 2 atom stereocenters. The van der Waals surface area contributed by atoms with Crippen molar-refractivity contribution in [2.45, 2.75) is 39.2 Å². The number of carbonyl (C=O) groups is 2. The van der Waals surface area contributed by atoms with Crippen molar-refractivity contribution in [1.29, 1.82) is 0 Å². The summed E-state index contributed by atoms with van der Waals surface area (Å²) in [6.07, 6.45) is 3.47. The van der Waals surface area contributed by atoms with Crippen LogP contribution >= 0.6 is 11.3 Å². The Morgan fingerprint density at radius 2 is 2.04 bits per heavy atom. The number of aromatic nitrogens is 2. The van der Waals surface area contributed by atoms with Crippen molar-refractivity contribution >= 4 is 29.0 Å². The van der Waals surface area contributed by atoms with E-state index in [4.69, 9.17) is 0 Å². The number of H-pyrrole nitrogens is 1. The molecule has 6 nitrogen and oxygen atoms in total. The van der Waals surface area contributed by atoms with Gasteiger partial charge in [0.15, 0.2) is 5.82 Å². The molecule has 0 aliphatic heterocycles. The summed E-state index contributed by atoms with van der Waals surface area (Å²) in [7, 11) is 0. The van der Waals surface area contributed by atoms with Gasteiger partial charge in [-0.1, -0.05) is 12.8 Å². The van der Waals surface area contributed by atoms with Crippen molar-refractivity contribution in [1.82, 2.24) is 15.5 Å². The number of aromatic amines is 1. The van der Waals surface area contributed by atoms with Gasteiger partial charge >= 0.3 is 0 Å². The molecular formula is C17H22N4O2S. The number of hydrogen-bond donors (Lipinski definition) is 3. The van der Waals surface area contributed by atoms with Gasteiger partial charge in [-0.2, -0.15) is 16.4 Å². The first kappa shape index (κ1) is 16.7. The largest absolute Gasteiger partial charge is 0.352 e. The van der Waals surface area contributed by atoms with Crippen LogP contribution in [0, 0.1) is 18.8 Å². The summed E-state index contributed by atoms with van der Waals surface area (Å²) in [6, 6.07) is 3.78. The molecule has 128 valence electrons. The Labute approximate surface area is 145 Å². The zero-order valence-electron chi connectivity index (χ0n) is 13.7. The molecule has 1 fully saturated rings. The molecule has 2 aromatic rings. The second-order valence-electron chi connectivity index (χ2n) is 6.27. The van der Waals surface area contributed by atoms with Gasteiger partial charge in [-0.05, 0) is 42.2 Å². The van der Waals surface area contributed by atoms with Gasteiger partial charge in [0, 0.05) is 30.1 Å². The van der Waals surface area contributed by atoms with Crippen LogP contribution in [0.4, 0.5) is 5.82 Å². The average molecular weight is 346 g/mol. The number of nitrogens with one attached hydrogen (secondary N) is 3. The van der Waals surface area contributed by atoms with Gasteiger partial charge in [-0.15, -0.1) is 0 Å². The molecular weight excluding hydrogens is 324 g/mol. The topological polar surface area (TPSA) is 86.9 Å². The van der Waals surface area contributed by atoms with E-state index in [1.807, 2.05) is 23.8 Å². The third kappa shape index (κ3) is 4.03. The normalized spacial score (nSPS) is 20.5. The van der Waals surface area contributed by atoms with Crippen LogP contribution < -0.4 is 10.6 Å². The molecule has 3 rings (SSSR count). The van der Waals surface area contributed by atoms with Crippen molar-refractivity contribution < 1.29 is 9.59 Å². The van der Waals surface area contributed by atoms with Gasteiger partial charge in [0.2, 0.25) is 11.8 Å². The fourth-order valence-electron chi connectivity index (χ4n) is 3.17. The van der Waals surface area contributed by atoms with E-state index in [1.165, 1.54) is 0 Å². The lowest BCUT2D eigenvalue weighted by Gasteiger charge is -2.29. The van der Waals surface area contributed by atoms with Gasteiger partial charge in [0.25, 0.3) is 0 Å². The van der Waals surface area contributed by atoms with E-state index in [0.29, 0.717) is 12.4 Å². The molecule has 24 heavy (non-hydrogen) atoms. The number of nitrogens with zero attached hydrogens (tertiary/aromatic N) is 1. The second-order valence-corrected chi connectivity index (χ2v) is 7.05. The number of thiophene rings is 1. The molecule has 1 aliphatic carbocycles. The molecule has 2 heterocycles. The van der Waals surface area contributed by atoms with E-state index >= 15 is 0 Å². The summed E-state index contributed by atoms with van der Waals surface area (Å²) >= 11 is 1.61. The van der Waals surface area contributed by atoms with Crippen LogP contribution in [0.1, 0.15) is 36.9 Å². The average Bonchev–Trinajstić information content (AvgIpc) is 3.24. The van der Waals surface area contributed by atoms with E-state index in [1.54, 1.807) is 17.4 Å². The third-order valence-electron chi connectivity index (χ3n) is 4.44. The van der Waals surface area contributed by atoms with Crippen LogP contribution in [-0.4, -0.2) is 22.0 Å². The Hall–Kier alpha value is -2.15. The predicted molar refractivity (Wildman–Crippen MR) is 93.6 cm³/mol. The lowest BCUT2D eigenvalue weighted by atomic mass is 9.78. The van der Waals surface area contributed by atoms with E-state index in [9.17, 15) is 9.59 Å². The SMILES string of the molecule is Cc1cc(NC(=O)[C@H]2CCCC[C@@H]2C(=O)NCc2ccsc2)n[nH]1. The highest BCUT2D eigenvalue weighted by molar-refractivity contribution is 7.07. The van der Waals surface area contributed by atoms with Crippen LogP contribution in [0.5, 0.6) is 0 Å². The fraction of sp³-hybridized carbons (Fsp3) is 0.471. The summed E-state index contributed by atoms with van der Waals surface area (Å²) in [5, 5.41) is 16.6. The Balaban J connectivity index is 1.61. The van der Waals surface area contributed by atoms with E-state index in [0.717, 1.165) is 36.9 Å². The number of amides is 2. The van der Waals surface area contributed by atoms with Gasteiger partial charge in [-0.25, -0.2) is 0 Å². The van der Waals surface area contributed by atoms with E-state index in [-0.39, 0.29) is 23.7 Å². The molecule has 2 amide bonds. The Bertz CT molecular complexity index is 695. The molecule has 7 heteroatoms. The van der Waals surface area contributed by atoms with Crippen molar-refractivity contribution in [3.63, 3.8) is 0 Å². The zero-order chi connectivity index (χ0) is 16.9. The monoisotopic (exact) mass is 346 g/mol. The van der Waals surface area contributed by atoms with Crippen molar-refractivity contribution in [3.05, 3.63) is 34.2 Å². The molecule has 1 saturated carbocycles. The second kappa shape index (κ2) is 7.61. The van der Waals surface area contributed by atoms with Crippen LogP contribution in [0.25, 0.3) is 0 Å². The van der Waals surface area contributed by atoms with Crippen LogP contribution in [0.2, 0.25) is 0 Å². The highest BCUT2D eigenvalue weighted by Crippen LogP contribution is 2.31. The zero-order valence-corrected chi connectivity index (χ0v) is 14.5. The van der Waals surface area contributed by atoms with Gasteiger partial charge < -0.3 is 10.6 Å². The Morgan fingerprint density at radius 3 is 2.67 bits per heavy atom. The van der Waals surface area contributed by atoms with Gasteiger partial charge in [-0.3, -0.25) is 14.7 Å². The summed E-state index contributed by atoms with van der Waals surface area (Å²) < 4.78 is 0. The highest BCUT2D eigenvalue weighted by atomic mass is 32.1. The maximum Gasteiger partial charge on any atom is 0.229 e. The Kier molecular flexibility index (Phi) is 5.30. The van der Waals surface area contributed by atoms with Crippen LogP contribution in [0.3, 0.4) is 0 Å². The van der Waals surface area contributed by atoms with Crippen LogP contribution in [0.15, 0.2) is 22.9 Å². The first-order chi connectivity index (χ1) is 11.6. The third-order valence-corrected chi connectivity index (χ3v) is 5.18. The summed E-state index contributed by atoms with van der Waals surface area (Å²) in [6.45, 7) is 2.40. The molecule has 1 aliphatic rings. The minimum atomic E-state index is -0.293. The first-order valence-electron chi connectivity index (χ1n) is 8.25. The summed E-state index contributed by atoms with van der Waals surface area (Å²) in [5.74, 6) is -0.188.